The Morgan fingerprint density at radius 3 is 2.75 bits per heavy atom. The molecular weight excluding hydrogens is 206 g/mol. The number of aliphatic carboxylic acids is 1. The third-order valence-electron chi connectivity index (χ3n) is 3.68. The summed E-state index contributed by atoms with van der Waals surface area (Å²) in [5.41, 5.74) is 0.838. The van der Waals surface area contributed by atoms with Crippen molar-refractivity contribution in [2.75, 3.05) is 20.1 Å². The number of carboxylic acid groups (broad SMARTS) is 1. The van der Waals surface area contributed by atoms with E-state index in [1.807, 2.05) is 6.92 Å². The Kier molecular flexibility index (Phi) is 3.04. The van der Waals surface area contributed by atoms with Gasteiger partial charge in [0, 0.05) is 25.6 Å². The van der Waals surface area contributed by atoms with Crippen molar-refractivity contribution in [3.8, 4) is 0 Å². The SMILES string of the molecule is CC1OC2(CCN(C)CC2)C/C1=C/C(=O)O. The predicted molar refractivity (Wildman–Crippen MR) is 60.3 cm³/mol. The minimum atomic E-state index is -0.865. The van der Waals surface area contributed by atoms with Crippen molar-refractivity contribution in [2.24, 2.45) is 0 Å². The molecule has 0 radical (unpaired) electrons. The van der Waals surface area contributed by atoms with Crippen molar-refractivity contribution in [2.45, 2.75) is 37.9 Å². The topological polar surface area (TPSA) is 49.8 Å². The van der Waals surface area contributed by atoms with Crippen molar-refractivity contribution >= 4 is 5.97 Å². The normalized spacial score (nSPS) is 32.4. The summed E-state index contributed by atoms with van der Waals surface area (Å²) in [5.74, 6) is -0.865. The lowest BCUT2D eigenvalue weighted by Crippen LogP contribution is -2.42. The van der Waals surface area contributed by atoms with Gasteiger partial charge >= 0.3 is 5.97 Å². The zero-order valence-corrected chi connectivity index (χ0v) is 9.90. The molecule has 0 aromatic rings. The lowest BCUT2D eigenvalue weighted by Gasteiger charge is -2.37. The Morgan fingerprint density at radius 1 is 1.56 bits per heavy atom. The largest absolute Gasteiger partial charge is 0.478 e. The van der Waals surface area contributed by atoms with Crippen LogP contribution in [0, 0.1) is 0 Å². The highest BCUT2D eigenvalue weighted by molar-refractivity contribution is 5.81. The van der Waals surface area contributed by atoms with Crippen LogP contribution in [0.15, 0.2) is 11.6 Å². The summed E-state index contributed by atoms with van der Waals surface area (Å²) >= 11 is 0. The zero-order chi connectivity index (χ0) is 11.8. The minimum absolute atomic E-state index is 0.0421. The Labute approximate surface area is 95.9 Å². The molecule has 2 aliphatic rings. The Bertz CT molecular complexity index is 316. The molecule has 2 fully saturated rings. The van der Waals surface area contributed by atoms with Crippen molar-refractivity contribution in [1.29, 1.82) is 0 Å². The molecule has 0 bridgehead atoms. The zero-order valence-electron chi connectivity index (χ0n) is 9.90. The highest BCUT2D eigenvalue weighted by Crippen LogP contribution is 2.41. The molecule has 2 aliphatic heterocycles. The summed E-state index contributed by atoms with van der Waals surface area (Å²) < 4.78 is 5.99. The molecule has 1 N–H and O–H groups in total. The molecule has 0 aromatic carbocycles. The molecule has 2 saturated heterocycles. The highest BCUT2D eigenvalue weighted by Gasteiger charge is 2.43. The maximum absolute atomic E-state index is 10.7. The second kappa shape index (κ2) is 4.18. The van der Waals surface area contributed by atoms with Crippen LogP contribution in [0.4, 0.5) is 0 Å². The van der Waals surface area contributed by atoms with Crippen molar-refractivity contribution < 1.29 is 14.6 Å². The van der Waals surface area contributed by atoms with E-state index in [0.29, 0.717) is 0 Å². The number of ether oxygens (including phenoxy) is 1. The summed E-state index contributed by atoms with van der Waals surface area (Å²) in [7, 11) is 2.11. The lowest BCUT2D eigenvalue weighted by molar-refractivity contribution is -0.131. The van der Waals surface area contributed by atoms with Gasteiger partial charge in [0.1, 0.15) is 0 Å². The van der Waals surface area contributed by atoms with Crippen LogP contribution in [0.3, 0.4) is 0 Å². The number of hydrogen-bond donors (Lipinski definition) is 1. The number of rotatable bonds is 1. The number of carboxylic acids is 1. The van der Waals surface area contributed by atoms with Gasteiger partial charge in [-0.3, -0.25) is 0 Å². The third-order valence-corrected chi connectivity index (χ3v) is 3.68. The van der Waals surface area contributed by atoms with Crippen LogP contribution in [-0.2, 0) is 9.53 Å². The average Bonchev–Trinajstić information content (AvgIpc) is 2.49. The molecular formula is C12H19NO3. The van der Waals surface area contributed by atoms with Crippen molar-refractivity contribution in [3.05, 3.63) is 11.6 Å². The van der Waals surface area contributed by atoms with Crippen molar-refractivity contribution in [3.63, 3.8) is 0 Å². The molecule has 1 spiro atoms. The second-order valence-electron chi connectivity index (χ2n) is 4.98. The molecule has 1 unspecified atom stereocenters. The number of nitrogens with zero attached hydrogens (tertiary/aromatic N) is 1. The smallest absolute Gasteiger partial charge is 0.328 e. The molecule has 16 heavy (non-hydrogen) atoms. The quantitative estimate of drug-likeness (QED) is 0.683. The molecule has 0 aliphatic carbocycles. The van der Waals surface area contributed by atoms with Gasteiger partial charge in [0.2, 0.25) is 0 Å². The fourth-order valence-electron chi connectivity index (χ4n) is 2.66. The van der Waals surface area contributed by atoms with E-state index in [0.717, 1.165) is 37.9 Å². The fraction of sp³-hybridized carbons (Fsp3) is 0.750. The first kappa shape index (κ1) is 11.6. The van der Waals surface area contributed by atoms with E-state index < -0.39 is 5.97 Å². The first-order valence-electron chi connectivity index (χ1n) is 5.80. The summed E-state index contributed by atoms with van der Waals surface area (Å²) in [6.07, 6.45) is 4.07. The summed E-state index contributed by atoms with van der Waals surface area (Å²) in [6, 6.07) is 0. The van der Waals surface area contributed by atoms with Crippen LogP contribution in [0.25, 0.3) is 0 Å². The number of likely N-dealkylation sites (tertiary alicyclic amines) is 1. The van der Waals surface area contributed by atoms with Gasteiger partial charge in [-0.1, -0.05) is 0 Å². The molecule has 4 nitrogen and oxygen atoms in total. The van der Waals surface area contributed by atoms with Gasteiger partial charge in [0.15, 0.2) is 0 Å². The van der Waals surface area contributed by atoms with E-state index in [2.05, 4.69) is 11.9 Å². The van der Waals surface area contributed by atoms with E-state index in [9.17, 15) is 4.79 Å². The van der Waals surface area contributed by atoms with Crippen LogP contribution in [-0.4, -0.2) is 47.8 Å². The number of piperidine rings is 1. The molecule has 0 saturated carbocycles. The first-order chi connectivity index (χ1) is 7.51. The molecule has 2 heterocycles. The van der Waals surface area contributed by atoms with E-state index in [1.165, 1.54) is 6.08 Å². The lowest BCUT2D eigenvalue weighted by atomic mass is 9.87. The maximum atomic E-state index is 10.7. The number of hydrogen-bond acceptors (Lipinski definition) is 3. The van der Waals surface area contributed by atoms with Gasteiger partial charge in [-0.15, -0.1) is 0 Å². The molecule has 4 heteroatoms. The van der Waals surface area contributed by atoms with Crippen LogP contribution in [0.5, 0.6) is 0 Å². The molecule has 90 valence electrons. The predicted octanol–water partition coefficient (Wildman–Crippen LogP) is 1.27. The van der Waals surface area contributed by atoms with Crippen LogP contribution in [0.2, 0.25) is 0 Å². The number of carbonyl (C=O) groups is 1. The van der Waals surface area contributed by atoms with Gasteiger partial charge in [-0.25, -0.2) is 4.79 Å². The third kappa shape index (κ3) is 2.28. The Hall–Kier alpha value is -0.870. The molecule has 0 amide bonds. The molecule has 1 atom stereocenters. The summed E-state index contributed by atoms with van der Waals surface area (Å²) in [6.45, 7) is 4.02. The van der Waals surface area contributed by atoms with E-state index in [4.69, 9.17) is 9.84 Å². The van der Waals surface area contributed by atoms with Crippen LogP contribution >= 0.6 is 0 Å². The van der Waals surface area contributed by atoms with E-state index in [1.54, 1.807) is 0 Å². The van der Waals surface area contributed by atoms with E-state index in [-0.39, 0.29) is 11.7 Å². The van der Waals surface area contributed by atoms with Crippen LogP contribution in [0.1, 0.15) is 26.2 Å². The summed E-state index contributed by atoms with van der Waals surface area (Å²) in [5, 5.41) is 8.78. The van der Waals surface area contributed by atoms with Crippen molar-refractivity contribution in [1.82, 2.24) is 4.90 Å². The highest BCUT2D eigenvalue weighted by atomic mass is 16.5. The Morgan fingerprint density at radius 2 is 2.19 bits per heavy atom. The van der Waals surface area contributed by atoms with Crippen LogP contribution < -0.4 is 0 Å². The van der Waals surface area contributed by atoms with Gasteiger partial charge < -0.3 is 14.7 Å². The monoisotopic (exact) mass is 225 g/mol. The minimum Gasteiger partial charge on any atom is -0.478 e. The fourth-order valence-corrected chi connectivity index (χ4v) is 2.66. The average molecular weight is 225 g/mol. The molecule has 0 aromatic heterocycles. The second-order valence-corrected chi connectivity index (χ2v) is 4.98. The summed E-state index contributed by atoms with van der Waals surface area (Å²) in [4.78, 5) is 13.0. The van der Waals surface area contributed by atoms with E-state index >= 15 is 0 Å². The van der Waals surface area contributed by atoms with Gasteiger partial charge in [-0.05, 0) is 32.4 Å². The molecule has 2 rings (SSSR count). The van der Waals surface area contributed by atoms with Gasteiger partial charge in [0.05, 0.1) is 11.7 Å². The first-order valence-corrected chi connectivity index (χ1v) is 5.80. The van der Waals surface area contributed by atoms with Gasteiger partial charge in [0.25, 0.3) is 0 Å². The van der Waals surface area contributed by atoms with Gasteiger partial charge in [-0.2, -0.15) is 0 Å². The standard InChI is InChI=1S/C12H19NO3/c1-9-10(7-11(14)15)8-12(16-9)3-5-13(2)6-4-12/h7,9H,3-6,8H2,1-2H3,(H,14,15)/b10-7-. The Balaban J connectivity index is 2.08. The maximum Gasteiger partial charge on any atom is 0.328 e.